The molecule has 0 aliphatic carbocycles. The van der Waals surface area contributed by atoms with Crippen LogP contribution in [0.3, 0.4) is 0 Å². The van der Waals surface area contributed by atoms with E-state index in [4.69, 9.17) is 0 Å². The largest absolute Gasteiger partial charge is 0.356 e. The van der Waals surface area contributed by atoms with Crippen molar-refractivity contribution in [3.05, 3.63) is 48.0 Å². The molecule has 0 unspecified atom stereocenters. The zero-order valence-electron chi connectivity index (χ0n) is 14.5. The fourth-order valence-electron chi connectivity index (χ4n) is 3.05. The van der Waals surface area contributed by atoms with Gasteiger partial charge in [0.05, 0.1) is 0 Å². The van der Waals surface area contributed by atoms with Crippen LogP contribution in [0, 0.1) is 5.92 Å². The zero-order chi connectivity index (χ0) is 16.5. The molecule has 124 valence electrons. The molecule has 23 heavy (non-hydrogen) atoms. The Morgan fingerprint density at radius 1 is 1.09 bits per heavy atom. The van der Waals surface area contributed by atoms with Crippen LogP contribution in [0.25, 0.3) is 10.8 Å². The molecule has 1 atom stereocenters. The molecule has 0 aromatic heterocycles. The van der Waals surface area contributed by atoms with E-state index >= 15 is 0 Å². The van der Waals surface area contributed by atoms with Gasteiger partial charge in [-0.1, -0.05) is 75.6 Å². The number of benzene rings is 2. The molecule has 0 heterocycles. The molecule has 0 aliphatic rings. The summed E-state index contributed by atoms with van der Waals surface area (Å²) in [7, 11) is 0. The lowest BCUT2D eigenvalue weighted by atomic mass is 9.99. The van der Waals surface area contributed by atoms with Gasteiger partial charge in [-0.05, 0) is 35.1 Å². The fourth-order valence-corrected chi connectivity index (χ4v) is 3.05. The van der Waals surface area contributed by atoms with Gasteiger partial charge >= 0.3 is 0 Å². The van der Waals surface area contributed by atoms with Crippen LogP contribution in [0.5, 0.6) is 0 Å². The maximum Gasteiger partial charge on any atom is 0.220 e. The van der Waals surface area contributed by atoms with Gasteiger partial charge in [0.15, 0.2) is 0 Å². The van der Waals surface area contributed by atoms with Gasteiger partial charge in [-0.2, -0.15) is 0 Å². The fraction of sp³-hybridized carbons (Fsp3) is 0.476. The smallest absolute Gasteiger partial charge is 0.220 e. The minimum atomic E-state index is 0.174. The van der Waals surface area contributed by atoms with E-state index in [1.807, 2.05) is 0 Å². The molecule has 0 bridgehead atoms. The van der Waals surface area contributed by atoms with Gasteiger partial charge in [0, 0.05) is 13.0 Å². The topological polar surface area (TPSA) is 29.1 Å². The Morgan fingerprint density at radius 3 is 2.65 bits per heavy atom. The van der Waals surface area contributed by atoms with Crippen LogP contribution < -0.4 is 5.32 Å². The van der Waals surface area contributed by atoms with Crippen molar-refractivity contribution in [1.82, 2.24) is 5.32 Å². The second kappa shape index (κ2) is 9.34. The van der Waals surface area contributed by atoms with Gasteiger partial charge in [-0.15, -0.1) is 0 Å². The van der Waals surface area contributed by atoms with Crippen LogP contribution in [-0.4, -0.2) is 12.5 Å². The van der Waals surface area contributed by atoms with E-state index in [0.717, 1.165) is 19.4 Å². The predicted molar refractivity (Wildman–Crippen MR) is 98.6 cm³/mol. The third kappa shape index (κ3) is 5.38. The lowest BCUT2D eigenvalue weighted by Gasteiger charge is -2.15. The van der Waals surface area contributed by atoms with Crippen LogP contribution in [0.4, 0.5) is 0 Å². The zero-order valence-corrected chi connectivity index (χ0v) is 14.5. The van der Waals surface area contributed by atoms with Crippen LogP contribution >= 0.6 is 0 Å². The number of amides is 1. The lowest BCUT2D eigenvalue weighted by molar-refractivity contribution is -0.121. The van der Waals surface area contributed by atoms with Crippen molar-refractivity contribution >= 4 is 16.7 Å². The minimum absolute atomic E-state index is 0.174. The van der Waals surface area contributed by atoms with E-state index in [1.165, 1.54) is 35.6 Å². The highest BCUT2D eigenvalue weighted by Gasteiger charge is 2.09. The summed E-state index contributed by atoms with van der Waals surface area (Å²) < 4.78 is 0. The summed E-state index contributed by atoms with van der Waals surface area (Å²) in [6.07, 6.45) is 6.22. The maximum absolute atomic E-state index is 12.1. The molecular formula is C21H29NO. The van der Waals surface area contributed by atoms with Crippen LogP contribution in [-0.2, 0) is 11.2 Å². The summed E-state index contributed by atoms with van der Waals surface area (Å²) in [6, 6.07) is 14.7. The second-order valence-electron chi connectivity index (χ2n) is 6.36. The molecule has 2 rings (SSSR count). The standard InChI is InChI=1S/C21H29NO/c1-3-5-9-17(4-2)16-22-21(23)15-14-19-12-8-11-18-10-6-7-13-20(18)19/h6-8,10-13,17H,3-5,9,14-16H2,1-2H3,(H,22,23)/t17-/m0/s1. The van der Waals surface area contributed by atoms with Gasteiger partial charge in [0.25, 0.3) is 0 Å². The van der Waals surface area contributed by atoms with Crippen molar-refractivity contribution in [3.8, 4) is 0 Å². The molecule has 2 aromatic rings. The molecule has 0 fully saturated rings. The minimum Gasteiger partial charge on any atom is -0.356 e. The van der Waals surface area contributed by atoms with E-state index in [2.05, 4.69) is 61.6 Å². The Morgan fingerprint density at radius 2 is 1.87 bits per heavy atom. The van der Waals surface area contributed by atoms with Crippen LogP contribution in [0.15, 0.2) is 42.5 Å². The van der Waals surface area contributed by atoms with Crippen molar-refractivity contribution < 1.29 is 4.79 Å². The average molecular weight is 311 g/mol. The number of nitrogens with one attached hydrogen (secondary N) is 1. The average Bonchev–Trinajstić information content (AvgIpc) is 2.60. The van der Waals surface area contributed by atoms with Gasteiger partial charge in [0.2, 0.25) is 5.91 Å². The molecule has 2 nitrogen and oxygen atoms in total. The van der Waals surface area contributed by atoms with Crippen LogP contribution in [0.2, 0.25) is 0 Å². The summed E-state index contributed by atoms with van der Waals surface area (Å²) in [5.74, 6) is 0.796. The first kappa shape index (κ1) is 17.5. The molecular weight excluding hydrogens is 282 g/mol. The van der Waals surface area contributed by atoms with Crippen molar-refractivity contribution in [2.24, 2.45) is 5.92 Å². The summed E-state index contributed by atoms with van der Waals surface area (Å²) in [5, 5.41) is 5.63. The third-order valence-electron chi connectivity index (χ3n) is 4.63. The molecule has 0 saturated carbocycles. The van der Waals surface area contributed by atoms with E-state index < -0.39 is 0 Å². The number of aryl methyl sites for hydroxylation is 1. The van der Waals surface area contributed by atoms with Gasteiger partial charge in [0.1, 0.15) is 0 Å². The first-order valence-corrected chi connectivity index (χ1v) is 8.98. The van der Waals surface area contributed by atoms with Crippen LogP contribution in [0.1, 0.15) is 51.5 Å². The highest BCUT2D eigenvalue weighted by Crippen LogP contribution is 2.19. The third-order valence-corrected chi connectivity index (χ3v) is 4.63. The highest BCUT2D eigenvalue weighted by atomic mass is 16.1. The molecule has 1 N–H and O–H groups in total. The van der Waals surface area contributed by atoms with E-state index in [9.17, 15) is 4.79 Å². The van der Waals surface area contributed by atoms with E-state index in [-0.39, 0.29) is 5.91 Å². The number of rotatable bonds is 9. The van der Waals surface area contributed by atoms with Gasteiger partial charge < -0.3 is 5.32 Å². The summed E-state index contributed by atoms with van der Waals surface area (Å²) in [5.41, 5.74) is 1.26. The van der Waals surface area contributed by atoms with Crippen molar-refractivity contribution in [1.29, 1.82) is 0 Å². The highest BCUT2D eigenvalue weighted by molar-refractivity contribution is 5.86. The Bertz CT molecular complexity index is 615. The summed E-state index contributed by atoms with van der Waals surface area (Å²) in [4.78, 5) is 12.1. The molecule has 1 amide bonds. The number of fused-ring (bicyclic) bond motifs is 1. The quantitative estimate of drug-likeness (QED) is 0.685. The second-order valence-corrected chi connectivity index (χ2v) is 6.36. The van der Waals surface area contributed by atoms with Gasteiger partial charge in [-0.3, -0.25) is 4.79 Å². The molecule has 0 aliphatic heterocycles. The lowest BCUT2D eigenvalue weighted by Crippen LogP contribution is -2.29. The molecule has 0 radical (unpaired) electrons. The summed E-state index contributed by atoms with van der Waals surface area (Å²) in [6.45, 7) is 5.25. The number of unbranched alkanes of at least 4 members (excludes halogenated alkanes) is 1. The first-order chi connectivity index (χ1) is 11.2. The summed E-state index contributed by atoms with van der Waals surface area (Å²) >= 11 is 0. The Hall–Kier alpha value is -1.83. The van der Waals surface area contributed by atoms with Crippen molar-refractivity contribution in [2.75, 3.05) is 6.54 Å². The number of carbonyl (C=O) groups is 1. The maximum atomic E-state index is 12.1. The van der Waals surface area contributed by atoms with Crippen molar-refractivity contribution in [2.45, 2.75) is 52.4 Å². The molecule has 0 saturated heterocycles. The Kier molecular flexibility index (Phi) is 7.12. The molecule has 0 spiro atoms. The number of hydrogen-bond donors (Lipinski definition) is 1. The SMILES string of the molecule is CCCC[C@H](CC)CNC(=O)CCc1cccc2ccccc12. The Balaban J connectivity index is 1.84. The normalized spacial score (nSPS) is 12.3. The molecule has 2 aromatic carbocycles. The Labute approximate surface area is 140 Å². The number of hydrogen-bond acceptors (Lipinski definition) is 1. The van der Waals surface area contributed by atoms with E-state index in [1.54, 1.807) is 0 Å². The monoisotopic (exact) mass is 311 g/mol. The van der Waals surface area contributed by atoms with Crippen molar-refractivity contribution in [3.63, 3.8) is 0 Å². The predicted octanol–water partition coefficient (Wildman–Crippen LogP) is 5.11. The van der Waals surface area contributed by atoms with Gasteiger partial charge in [-0.25, -0.2) is 0 Å². The molecule has 2 heteroatoms. The first-order valence-electron chi connectivity index (χ1n) is 8.98. The van der Waals surface area contributed by atoms with E-state index in [0.29, 0.717) is 12.3 Å². The number of carbonyl (C=O) groups excluding carboxylic acids is 1.